The number of fused-ring (bicyclic) bond motifs is 1. The molecule has 0 radical (unpaired) electrons. The summed E-state index contributed by atoms with van der Waals surface area (Å²) in [5, 5.41) is 21.5. The second kappa shape index (κ2) is 12.8. The monoisotopic (exact) mass is 667 g/mol. The third kappa shape index (κ3) is 6.04. The first-order valence-corrected chi connectivity index (χ1v) is 16.5. The lowest BCUT2D eigenvalue weighted by atomic mass is 9.94. The van der Waals surface area contributed by atoms with Crippen molar-refractivity contribution in [2.45, 2.75) is 48.9 Å². The minimum atomic E-state index is -0.958. The van der Waals surface area contributed by atoms with E-state index in [0.29, 0.717) is 50.0 Å². The summed E-state index contributed by atoms with van der Waals surface area (Å²) in [6.07, 6.45) is 1.51. The van der Waals surface area contributed by atoms with Gasteiger partial charge in [0.15, 0.2) is 4.34 Å². The van der Waals surface area contributed by atoms with E-state index in [4.69, 9.17) is 32.7 Å². The van der Waals surface area contributed by atoms with Gasteiger partial charge < -0.3 is 14.6 Å². The Morgan fingerprint density at radius 1 is 1.14 bits per heavy atom. The molecule has 12 heteroatoms. The lowest BCUT2D eigenvalue weighted by Gasteiger charge is -2.23. The first kappa shape index (κ1) is 30.5. The number of hydrogen-bond donors (Lipinski definition) is 1. The van der Waals surface area contributed by atoms with E-state index in [0.717, 1.165) is 23.3 Å². The van der Waals surface area contributed by atoms with E-state index in [2.05, 4.69) is 10.2 Å². The fourth-order valence-electron chi connectivity index (χ4n) is 5.20. The molecule has 3 heterocycles. The third-order valence-electron chi connectivity index (χ3n) is 7.23. The smallest absolute Gasteiger partial charge is 0.301 e. The predicted molar refractivity (Wildman–Crippen MR) is 173 cm³/mol. The number of aliphatic hydroxyl groups excluding tert-OH is 1. The van der Waals surface area contributed by atoms with Gasteiger partial charge in [-0.1, -0.05) is 71.4 Å². The van der Waals surface area contributed by atoms with E-state index in [1.165, 1.54) is 28.0 Å². The number of benzene rings is 3. The van der Waals surface area contributed by atoms with Gasteiger partial charge in [0.05, 0.1) is 18.2 Å². The number of anilines is 1. The summed E-state index contributed by atoms with van der Waals surface area (Å²) < 4.78 is 12.2. The Balaban J connectivity index is 1.39. The van der Waals surface area contributed by atoms with Crippen molar-refractivity contribution in [2.24, 2.45) is 0 Å². The van der Waals surface area contributed by atoms with Gasteiger partial charge in [0.25, 0.3) is 5.78 Å². The molecule has 1 saturated heterocycles. The van der Waals surface area contributed by atoms with Gasteiger partial charge in [0.1, 0.15) is 23.4 Å². The molecule has 1 fully saturated rings. The molecule has 6 rings (SSSR count). The number of thioether (sulfide) groups is 1. The van der Waals surface area contributed by atoms with Gasteiger partial charge in [-0.15, -0.1) is 10.2 Å². The van der Waals surface area contributed by atoms with Crippen LogP contribution in [0.15, 0.2) is 70.6 Å². The Morgan fingerprint density at radius 2 is 1.98 bits per heavy atom. The normalized spacial score (nSPS) is 18.9. The number of carbonyl (C=O) groups is 2. The number of aliphatic hydroxyl groups is 1. The molecule has 0 aliphatic carbocycles. The van der Waals surface area contributed by atoms with Crippen LogP contribution in [0.4, 0.5) is 5.13 Å². The zero-order valence-electron chi connectivity index (χ0n) is 23.8. The van der Waals surface area contributed by atoms with Crippen molar-refractivity contribution in [3.8, 4) is 11.5 Å². The molecule has 2 aliphatic rings. The molecular weight excluding hydrogens is 641 g/mol. The summed E-state index contributed by atoms with van der Waals surface area (Å²) in [5.74, 6) is -0.0466. The zero-order chi connectivity index (χ0) is 31.0. The van der Waals surface area contributed by atoms with Crippen LogP contribution < -0.4 is 14.4 Å². The maximum Gasteiger partial charge on any atom is 0.301 e. The van der Waals surface area contributed by atoms with Crippen LogP contribution in [0, 0.1) is 0 Å². The van der Waals surface area contributed by atoms with Gasteiger partial charge in [-0.3, -0.25) is 14.5 Å². The number of amides is 1. The number of rotatable bonds is 9. The van der Waals surface area contributed by atoms with Gasteiger partial charge >= 0.3 is 5.91 Å². The second-order valence-electron chi connectivity index (χ2n) is 10.4. The minimum absolute atomic E-state index is 0.0130. The third-order valence-corrected chi connectivity index (χ3v) is 9.92. The molecule has 8 nitrogen and oxygen atoms in total. The number of Topliss-reactive ketones (excluding diaryl/α,β-unsaturated/α-hetero) is 1. The zero-order valence-corrected chi connectivity index (χ0v) is 26.9. The van der Waals surface area contributed by atoms with Crippen molar-refractivity contribution < 1.29 is 24.2 Å². The molecule has 0 unspecified atom stereocenters. The number of hydrogen-bond acceptors (Lipinski definition) is 9. The van der Waals surface area contributed by atoms with Crippen LogP contribution >= 0.6 is 46.3 Å². The van der Waals surface area contributed by atoms with Crippen molar-refractivity contribution in [2.75, 3.05) is 11.5 Å². The Kier molecular flexibility index (Phi) is 8.87. The summed E-state index contributed by atoms with van der Waals surface area (Å²) in [6, 6.07) is 16.8. The summed E-state index contributed by atoms with van der Waals surface area (Å²) >= 11 is 14.9. The van der Waals surface area contributed by atoms with Gasteiger partial charge in [-0.05, 0) is 72.5 Å². The fraction of sp³-hybridized carbons (Fsp3) is 0.250. The molecule has 0 bridgehead atoms. The molecule has 0 spiro atoms. The lowest BCUT2D eigenvalue weighted by Crippen LogP contribution is -2.29. The van der Waals surface area contributed by atoms with Crippen molar-refractivity contribution in [1.29, 1.82) is 0 Å². The molecular formula is C32H27Cl2N3O5S2. The van der Waals surface area contributed by atoms with E-state index >= 15 is 0 Å². The lowest BCUT2D eigenvalue weighted by molar-refractivity contribution is -0.132. The number of nitrogens with zero attached hydrogens (tertiary/aromatic N) is 3. The van der Waals surface area contributed by atoms with Crippen LogP contribution in [0.2, 0.25) is 10.0 Å². The highest BCUT2D eigenvalue weighted by Crippen LogP contribution is 2.45. The molecule has 0 saturated carbocycles. The van der Waals surface area contributed by atoms with Crippen LogP contribution in [0.3, 0.4) is 0 Å². The average molecular weight is 669 g/mol. The van der Waals surface area contributed by atoms with Gasteiger partial charge in [-0.25, -0.2) is 0 Å². The first-order chi connectivity index (χ1) is 21.2. The largest absolute Gasteiger partial charge is 0.507 e. The van der Waals surface area contributed by atoms with Crippen LogP contribution in [0.25, 0.3) is 5.76 Å². The molecule has 1 aromatic heterocycles. The van der Waals surface area contributed by atoms with E-state index in [9.17, 15) is 14.7 Å². The quantitative estimate of drug-likeness (QED) is 0.0632. The molecule has 44 heavy (non-hydrogen) atoms. The summed E-state index contributed by atoms with van der Waals surface area (Å²) in [5.41, 5.74) is 2.78. The Labute approximate surface area is 272 Å². The summed E-state index contributed by atoms with van der Waals surface area (Å²) in [6.45, 7) is 4.48. The number of ether oxygens (including phenoxy) is 2. The Hall–Kier alpha value is -3.57. The fourth-order valence-corrected chi connectivity index (χ4v) is 7.63. The first-order valence-electron chi connectivity index (χ1n) is 14.0. The molecule has 2 aliphatic heterocycles. The number of ketones is 1. The second-order valence-corrected chi connectivity index (χ2v) is 13.4. The average Bonchev–Trinajstić information content (AvgIpc) is 3.70. The highest BCUT2D eigenvalue weighted by atomic mass is 35.5. The van der Waals surface area contributed by atoms with Crippen LogP contribution in [-0.2, 0) is 21.8 Å². The minimum Gasteiger partial charge on any atom is -0.507 e. The van der Waals surface area contributed by atoms with Crippen molar-refractivity contribution >= 4 is 68.9 Å². The topological polar surface area (TPSA) is 102 Å². The van der Waals surface area contributed by atoms with Gasteiger partial charge in [0.2, 0.25) is 5.13 Å². The Bertz CT molecular complexity index is 1790. The Morgan fingerprint density at radius 3 is 2.77 bits per heavy atom. The molecule has 1 N–H and O–H groups in total. The SMILES string of the molecule is CCCOc1cccc([C@H]2C(=C(O)c3ccc4c(c3)C[C@H](C)O4)C(=O)C(=O)N2c2nnc(SCc3ccc(Cl)cc3Cl)s2)c1. The van der Waals surface area contributed by atoms with Crippen molar-refractivity contribution in [1.82, 2.24) is 10.2 Å². The van der Waals surface area contributed by atoms with Crippen molar-refractivity contribution in [3.05, 3.63) is 98.5 Å². The molecule has 1 amide bonds. The molecule has 2 atom stereocenters. The molecule has 226 valence electrons. The van der Waals surface area contributed by atoms with E-state index < -0.39 is 17.7 Å². The predicted octanol–water partition coefficient (Wildman–Crippen LogP) is 7.88. The maximum absolute atomic E-state index is 13.7. The number of aromatic nitrogens is 2. The molecule has 4 aromatic rings. The van der Waals surface area contributed by atoms with Crippen LogP contribution in [0.5, 0.6) is 11.5 Å². The number of halogens is 2. The van der Waals surface area contributed by atoms with Crippen LogP contribution in [0.1, 0.15) is 48.6 Å². The van der Waals surface area contributed by atoms with Gasteiger partial charge in [0, 0.05) is 27.8 Å². The number of carbonyl (C=O) groups excluding carboxylic acids is 2. The van der Waals surface area contributed by atoms with Crippen LogP contribution in [-0.4, -0.2) is 39.7 Å². The highest BCUT2D eigenvalue weighted by molar-refractivity contribution is 8.00. The summed E-state index contributed by atoms with van der Waals surface area (Å²) in [4.78, 5) is 28.7. The van der Waals surface area contributed by atoms with E-state index in [-0.39, 0.29) is 22.6 Å². The van der Waals surface area contributed by atoms with Gasteiger partial charge in [-0.2, -0.15) is 0 Å². The van der Waals surface area contributed by atoms with E-state index in [1.54, 1.807) is 48.5 Å². The highest BCUT2D eigenvalue weighted by Gasteiger charge is 2.48. The van der Waals surface area contributed by atoms with Crippen molar-refractivity contribution in [3.63, 3.8) is 0 Å². The molecule has 3 aromatic carbocycles. The maximum atomic E-state index is 13.7. The van der Waals surface area contributed by atoms with E-state index in [1.807, 2.05) is 26.0 Å². The summed E-state index contributed by atoms with van der Waals surface area (Å²) in [7, 11) is 0. The standard InChI is InChI=1S/C32H27Cl2N3O5S2/c1-3-11-41-23-6-4-5-18(14-23)27-26(28(38)19-8-10-25-21(13-19)12-17(2)42-25)29(39)30(40)37(27)31-35-36-32(44-31)43-16-20-7-9-22(33)15-24(20)34/h4-10,13-15,17,27,38H,3,11-12,16H2,1-2H3/t17-,27-/m0/s1.